The maximum atomic E-state index is 14.1. The van der Waals surface area contributed by atoms with Crippen molar-refractivity contribution in [2.24, 2.45) is 5.92 Å². The summed E-state index contributed by atoms with van der Waals surface area (Å²) in [6.45, 7) is 0. The number of hydrogen-bond donors (Lipinski definition) is 2. The van der Waals surface area contributed by atoms with Crippen molar-refractivity contribution in [2.45, 2.75) is 31.1 Å². The maximum Gasteiger partial charge on any atom is 0.408 e. The molecule has 1 saturated carbocycles. The fourth-order valence-electron chi connectivity index (χ4n) is 3.66. The van der Waals surface area contributed by atoms with Crippen molar-refractivity contribution in [1.82, 2.24) is 14.9 Å². The van der Waals surface area contributed by atoms with E-state index in [0.29, 0.717) is 16.6 Å². The third kappa shape index (κ3) is 1.91. The first-order valence-corrected chi connectivity index (χ1v) is 8.41. The highest BCUT2D eigenvalue weighted by Gasteiger charge is 2.55. The Morgan fingerprint density at radius 2 is 2.32 bits per heavy atom. The number of H-pyrrole nitrogens is 1. The van der Waals surface area contributed by atoms with Crippen molar-refractivity contribution in [3.63, 3.8) is 0 Å². The quantitative estimate of drug-likeness (QED) is 0.787. The highest BCUT2D eigenvalue weighted by atomic mass is 79.9. The molecule has 9 heteroatoms. The van der Waals surface area contributed by atoms with Crippen LogP contribution in [0.15, 0.2) is 14.6 Å². The Balaban J connectivity index is 1.86. The van der Waals surface area contributed by atoms with Crippen molar-refractivity contribution >= 4 is 43.6 Å². The minimum atomic E-state index is -1.10. The van der Waals surface area contributed by atoms with Crippen LogP contribution in [-0.2, 0) is 0 Å². The summed E-state index contributed by atoms with van der Waals surface area (Å²) in [6.07, 6.45) is -1.45. The number of likely N-dealkylation sites (tertiary alicyclic amines) is 1. The van der Waals surface area contributed by atoms with E-state index in [0.717, 1.165) is 3.79 Å². The number of aromatic nitrogens is 2. The van der Waals surface area contributed by atoms with Crippen LogP contribution < -0.4 is 5.56 Å². The van der Waals surface area contributed by atoms with Crippen LogP contribution in [-0.4, -0.2) is 38.3 Å². The third-order valence-corrected chi connectivity index (χ3v) is 6.10. The second-order valence-corrected chi connectivity index (χ2v) is 8.09. The van der Waals surface area contributed by atoms with Gasteiger partial charge in [-0.3, -0.25) is 9.69 Å². The van der Waals surface area contributed by atoms with Gasteiger partial charge in [0.25, 0.3) is 5.56 Å². The van der Waals surface area contributed by atoms with Gasteiger partial charge in [-0.15, -0.1) is 11.3 Å². The molecule has 0 unspecified atom stereocenters. The largest absolute Gasteiger partial charge is 0.465 e. The lowest BCUT2D eigenvalue weighted by Crippen LogP contribution is -2.43. The molecule has 1 aliphatic heterocycles. The van der Waals surface area contributed by atoms with Gasteiger partial charge in [0.15, 0.2) is 0 Å². The first-order valence-electron chi connectivity index (χ1n) is 6.80. The van der Waals surface area contributed by atoms with E-state index >= 15 is 0 Å². The molecule has 0 spiro atoms. The fraction of sp³-hybridized carbons (Fsp3) is 0.462. The zero-order valence-electron chi connectivity index (χ0n) is 11.1. The van der Waals surface area contributed by atoms with Gasteiger partial charge >= 0.3 is 6.09 Å². The van der Waals surface area contributed by atoms with E-state index in [4.69, 9.17) is 0 Å². The van der Waals surface area contributed by atoms with Gasteiger partial charge in [-0.25, -0.2) is 14.2 Å². The molecule has 3 heterocycles. The number of nitrogens with one attached hydrogen (secondary N) is 1. The lowest BCUT2D eigenvalue weighted by atomic mass is 9.96. The molecular formula is C13H11BrFN3O3S. The van der Waals surface area contributed by atoms with Crippen LogP contribution in [0.3, 0.4) is 0 Å². The number of aromatic amines is 1. The molecule has 2 aromatic rings. The minimum Gasteiger partial charge on any atom is -0.465 e. The van der Waals surface area contributed by atoms with E-state index in [2.05, 4.69) is 25.9 Å². The smallest absolute Gasteiger partial charge is 0.408 e. The van der Waals surface area contributed by atoms with E-state index in [9.17, 15) is 19.1 Å². The average Bonchev–Trinajstić information content (AvgIpc) is 3.08. The zero-order chi connectivity index (χ0) is 15.6. The number of fused-ring (bicyclic) bond motifs is 3. The number of hydrogen-bond acceptors (Lipinski definition) is 4. The zero-order valence-corrected chi connectivity index (χ0v) is 13.5. The first kappa shape index (κ1) is 14.1. The second kappa shape index (κ2) is 4.76. The van der Waals surface area contributed by atoms with E-state index in [1.807, 2.05) is 0 Å². The van der Waals surface area contributed by atoms with E-state index < -0.39 is 24.2 Å². The summed E-state index contributed by atoms with van der Waals surface area (Å²) in [7, 11) is 0. The lowest BCUT2D eigenvalue weighted by Gasteiger charge is -2.33. The summed E-state index contributed by atoms with van der Waals surface area (Å²) in [5.41, 5.74) is 0.179. The molecule has 2 bridgehead atoms. The highest BCUT2D eigenvalue weighted by Crippen LogP contribution is 2.50. The molecule has 4 atom stereocenters. The van der Waals surface area contributed by atoms with Crippen molar-refractivity contribution in [2.75, 3.05) is 0 Å². The number of piperidine rings is 1. The first-order chi connectivity index (χ1) is 10.5. The average molecular weight is 388 g/mol. The van der Waals surface area contributed by atoms with Gasteiger partial charge in [0.1, 0.15) is 16.7 Å². The van der Waals surface area contributed by atoms with Crippen molar-refractivity contribution in [3.8, 4) is 0 Å². The number of amides is 1. The topological polar surface area (TPSA) is 86.3 Å². The maximum absolute atomic E-state index is 14.1. The van der Waals surface area contributed by atoms with Crippen LogP contribution in [0.2, 0.25) is 0 Å². The highest BCUT2D eigenvalue weighted by molar-refractivity contribution is 9.11. The minimum absolute atomic E-state index is 0.226. The number of carboxylic acid groups (broad SMARTS) is 1. The molecule has 1 aliphatic carbocycles. The van der Waals surface area contributed by atoms with Crippen molar-refractivity contribution in [3.05, 3.63) is 26.0 Å². The molecule has 22 heavy (non-hydrogen) atoms. The Morgan fingerprint density at radius 1 is 1.55 bits per heavy atom. The molecule has 0 radical (unpaired) electrons. The van der Waals surface area contributed by atoms with E-state index in [-0.39, 0.29) is 23.8 Å². The van der Waals surface area contributed by atoms with Gasteiger partial charge in [-0.1, -0.05) is 0 Å². The Morgan fingerprint density at radius 3 is 3.05 bits per heavy atom. The van der Waals surface area contributed by atoms with Crippen LogP contribution in [0.5, 0.6) is 0 Å². The van der Waals surface area contributed by atoms with Gasteiger partial charge in [0, 0.05) is 12.0 Å². The molecule has 2 aliphatic rings. The van der Waals surface area contributed by atoms with E-state index in [1.54, 1.807) is 6.07 Å². The Labute approximate surface area is 136 Å². The standard InChI is InChI=1S/C13H11BrFN3O3S/c14-8-3-7-10(22-8)12(19)17-11(16-7)9-5-1-4(2-6(5)15)18(9)13(20)21/h3-6,9H,1-2H2,(H,20,21)(H,16,17,19)/t4-,5+,6-,9-/m0/s1. The van der Waals surface area contributed by atoms with Crippen LogP contribution >= 0.6 is 27.3 Å². The summed E-state index contributed by atoms with van der Waals surface area (Å²) >= 11 is 4.56. The second-order valence-electron chi connectivity index (χ2n) is 5.66. The van der Waals surface area contributed by atoms with Crippen LogP contribution in [0.4, 0.5) is 9.18 Å². The Hall–Kier alpha value is -1.48. The summed E-state index contributed by atoms with van der Waals surface area (Å²) in [5, 5.41) is 9.42. The number of halogens is 2. The molecule has 116 valence electrons. The molecule has 6 nitrogen and oxygen atoms in total. The number of alkyl halides is 1. The number of thiophene rings is 1. The molecular weight excluding hydrogens is 377 g/mol. The normalized spacial score (nSPS) is 30.4. The van der Waals surface area contributed by atoms with Gasteiger partial charge in [-0.2, -0.15) is 0 Å². The third-order valence-electron chi connectivity index (χ3n) is 4.48. The van der Waals surface area contributed by atoms with Gasteiger partial charge in [0.05, 0.1) is 15.3 Å². The van der Waals surface area contributed by atoms with E-state index in [1.165, 1.54) is 16.2 Å². The van der Waals surface area contributed by atoms with Crippen LogP contribution in [0.1, 0.15) is 24.7 Å². The predicted octanol–water partition coefficient (Wildman–Crippen LogP) is 2.90. The van der Waals surface area contributed by atoms with Crippen LogP contribution in [0, 0.1) is 5.92 Å². The summed E-state index contributed by atoms with van der Waals surface area (Å²) < 4.78 is 15.3. The summed E-state index contributed by atoms with van der Waals surface area (Å²) in [4.78, 5) is 31.9. The molecule has 1 saturated heterocycles. The fourth-order valence-corrected chi connectivity index (χ4v) is 5.08. The molecule has 0 aromatic carbocycles. The summed E-state index contributed by atoms with van der Waals surface area (Å²) in [5.74, 6) is -0.205. The van der Waals surface area contributed by atoms with Gasteiger partial charge < -0.3 is 10.1 Å². The van der Waals surface area contributed by atoms with Crippen molar-refractivity contribution in [1.29, 1.82) is 0 Å². The molecule has 1 amide bonds. The molecule has 2 aromatic heterocycles. The van der Waals surface area contributed by atoms with Gasteiger partial charge in [-0.05, 0) is 34.8 Å². The molecule has 2 N–H and O–H groups in total. The SMILES string of the molecule is O=C(O)N1[C@H]2C[C@@H]([C@H]1c1nc3cc(Br)sc3c(=O)[nH]1)[C@@H](F)C2. The van der Waals surface area contributed by atoms with Crippen molar-refractivity contribution < 1.29 is 14.3 Å². The summed E-state index contributed by atoms with van der Waals surface area (Å²) in [6, 6.07) is 0.656. The van der Waals surface area contributed by atoms with Gasteiger partial charge in [0.2, 0.25) is 0 Å². The number of nitrogens with zero attached hydrogens (tertiary/aromatic N) is 2. The van der Waals surface area contributed by atoms with Crippen LogP contribution in [0.25, 0.3) is 10.2 Å². The lowest BCUT2D eigenvalue weighted by molar-refractivity contribution is 0.0691. The predicted molar refractivity (Wildman–Crippen MR) is 82.0 cm³/mol. The number of rotatable bonds is 1. The monoisotopic (exact) mass is 387 g/mol. The number of carbonyl (C=O) groups is 1. The Bertz CT molecular complexity index is 838. The molecule has 4 rings (SSSR count). The Kier molecular flexibility index (Phi) is 3.06. The molecule has 2 fully saturated rings.